The molecule has 5 aromatic rings. The number of pyridine rings is 1. The number of nitrogens with one attached hydrogen (secondary N) is 1. The fourth-order valence-corrected chi connectivity index (χ4v) is 4.50. The normalized spacial score (nSPS) is 11.1. The summed E-state index contributed by atoms with van der Waals surface area (Å²) in [6, 6.07) is 20.7. The molecule has 0 aliphatic heterocycles. The number of amides is 1. The van der Waals surface area contributed by atoms with Gasteiger partial charge in [0.1, 0.15) is 16.9 Å². The molecule has 146 valence electrons. The number of aryl methyl sites for hydroxylation is 1. The number of carbonyl (C=O) groups excluding carboxylic acids is 1. The second kappa shape index (κ2) is 7.20. The molecule has 1 N–H and O–H groups in total. The first-order valence-corrected chi connectivity index (χ1v) is 10.2. The molecule has 3 aromatic heterocycles. The summed E-state index contributed by atoms with van der Waals surface area (Å²) in [7, 11) is 0. The molecule has 3 heterocycles. The second-order valence-corrected chi connectivity index (χ2v) is 8.03. The van der Waals surface area contributed by atoms with Gasteiger partial charge in [0, 0.05) is 15.8 Å². The van der Waals surface area contributed by atoms with E-state index in [1.807, 2.05) is 67.6 Å². The van der Waals surface area contributed by atoms with E-state index in [4.69, 9.17) is 0 Å². The minimum Gasteiger partial charge on any atom is -0.267 e. The number of thiophene rings is 1. The lowest BCUT2D eigenvalue weighted by Gasteiger charge is -2.08. The van der Waals surface area contributed by atoms with Gasteiger partial charge in [0.15, 0.2) is 0 Å². The number of benzene rings is 2. The summed E-state index contributed by atoms with van der Waals surface area (Å²) in [5.74, 6) is -0.475. The third kappa shape index (κ3) is 3.05. The van der Waals surface area contributed by atoms with Gasteiger partial charge in [0.25, 0.3) is 11.5 Å². The van der Waals surface area contributed by atoms with Crippen molar-refractivity contribution < 1.29 is 4.79 Å². The zero-order chi connectivity index (χ0) is 20.7. The number of rotatable bonds is 3. The Morgan fingerprint density at radius 3 is 2.60 bits per heavy atom. The van der Waals surface area contributed by atoms with E-state index in [0.29, 0.717) is 15.7 Å². The molecule has 0 fully saturated rings. The fraction of sp³-hybridized carbons (Fsp3) is 0.0435. The Hall–Kier alpha value is -3.84. The molecule has 30 heavy (non-hydrogen) atoms. The zero-order valence-corrected chi connectivity index (χ0v) is 16.8. The van der Waals surface area contributed by atoms with Crippen molar-refractivity contribution in [2.45, 2.75) is 6.92 Å². The Balaban J connectivity index is 1.57. The number of hydrogen-bond acceptors (Lipinski definition) is 5. The Labute approximate surface area is 175 Å². The van der Waals surface area contributed by atoms with Crippen molar-refractivity contribution in [3.8, 4) is 11.1 Å². The summed E-state index contributed by atoms with van der Waals surface area (Å²) in [6.45, 7) is 1.97. The lowest BCUT2D eigenvalue weighted by atomic mass is 10.0. The van der Waals surface area contributed by atoms with Gasteiger partial charge in [-0.3, -0.25) is 15.0 Å². The van der Waals surface area contributed by atoms with Crippen molar-refractivity contribution in [1.29, 1.82) is 0 Å². The van der Waals surface area contributed by atoms with E-state index >= 15 is 0 Å². The maximum atomic E-state index is 13.2. The summed E-state index contributed by atoms with van der Waals surface area (Å²) in [5, 5.41) is 1.44. The average Bonchev–Trinajstić information content (AvgIpc) is 3.12. The van der Waals surface area contributed by atoms with Crippen LogP contribution < -0.4 is 11.0 Å². The smallest absolute Gasteiger partial charge is 0.267 e. The predicted octanol–water partition coefficient (Wildman–Crippen LogP) is 4.37. The van der Waals surface area contributed by atoms with Gasteiger partial charge in [-0.15, -0.1) is 11.3 Å². The highest BCUT2D eigenvalue weighted by Gasteiger charge is 2.18. The quantitative estimate of drug-likeness (QED) is 0.478. The van der Waals surface area contributed by atoms with E-state index in [1.54, 1.807) is 6.07 Å². The molecule has 0 saturated carbocycles. The van der Waals surface area contributed by atoms with Gasteiger partial charge in [0.2, 0.25) is 0 Å². The number of hydrogen-bond donors (Lipinski definition) is 1. The Bertz CT molecular complexity index is 1470. The van der Waals surface area contributed by atoms with E-state index in [2.05, 4.69) is 15.4 Å². The molecule has 6 nitrogen and oxygen atoms in total. The van der Waals surface area contributed by atoms with Gasteiger partial charge in [-0.05, 0) is 24.6 Å². The summed E-state index contributed by atoms with van der Waals surface area (Å²) in [5.41, 5.74) is 5.03. The molecule has 7 heteroatoms. The number of carbonyl (C=O) groups is 1. The van der Waals surface area contributed by atoms with Gasteiger partial charge >= 0.3 is 0 Å². The highest BCUT2D eigenvalue weighted by molar-refractivity contribution is 7.19. The number of aromatic nitrogens is 3. The molecule has 0 radical (unpaired) electrons. The minimum atomic E-state index is -0.475. The van der Waals surface area contributed by atoms with Crippen LogP contribution in [0.5, 0.6) is 0 Å². The summed E-state index contributed by atoms with van der Waals surface area (Å²) in [6.07, 6.45) is 1.34. The number of nitrogens with zero attached hydrogens (tertiary/aromatic N) is 3. The first-order chi connectivity index (χ1) is 14.6. The molecule has 0 atom stereocenters. The summed E-state index contributed by atoms with van der Waals surface area (Å²) >= 11 is 1.46. The topological polar surface area (TPSA) is 76.9 Å². The van der Waals surface area contributed by atoms with Crippen LogP contribution in [0.4, 0.5) is 0 Å². The molecule has 0 unspecified atom stereocenters. The van der Waals surface area contributed by atoms with E-state index in [1.165, 1.54) is 17.7 Å². The van der Waals surface area contributed by atoms with Crippen LogP contribution in [-0.4, -0.2) is 20.6 Å². The maximum absolute atomic E-state index is 13.2. The Morgan fingerprint density at radius 2 is 1.77 bits per heavy atom. The van der Waals surface area contributed by atoms with Crippen LogP contribution in [0.1, 0.15) is 15.4 Å². The SMILES string of the molecule is Cc1sc2ncn(NC(=O)c3ccc4ccccc4n3)c(=O)c2c1-c1ccccc1. The Morgan fingerprint density at radius 1 is 1.00 bits per heavy atom. The van der Waals surface area contributed by atoms with Crippen LogP contribution in [0.15, 0.2) is 77.9 Å². The zero-order valence-electron chi connectivity index (χ0n) is 16.0. The maximum Gasteiger partial charge on any atom is 0.288 e. The van der Waals surface area contributed by atoms with Crippen LogP contribution in [0.25, 0.3) is 32.2 Å². The third-order valence-electron chi connectivity index (χ3n) is 4.90. The molecule has 0 bridgehead atoms. The van der Waals surface area contributed by atoms with Gasteiger partial charge < -0.3 is 0 Å². The van der Waals surface area contributed by atoms with E-state index in [9.17, 15) is 9.59 Å². The van der Waals surface area contributed by atoms with Gasteiger partial charge in [0.05, 0.1) is 10.9 Å². The largest absolute Gasteiger partial charge is 0.288 e. The van der Waals surface area contributed by atoms with Crippen molar-refractivity contribution in [1.82, 2.24) is 14.6 Å². The lowest BCUT2D eigenvalue weighted by Crippen LogP contribution is -2.33. The number of para-hydroxylation sites is 1. The molecule has 0 saturated heterocycles. The highest BCUT2D eigenvalue weighted by Crippen LogP contribution is 2.35. The molecule has 1 amide bonds. The molecule has 0 spiro atoms. The van der Waals surface area contributed by atoms with Crippen molar-refractivity contribution in [2.24, 2.45) is 0 Å². The lowest BCUT2D eigenvalue weighted by molar-refractivity contribution is 0.100. The van der Waals surface area contributed by atoms with Crippen LogP contribution in [0.2, 0.25) is 0 Å². The van der Waals surface area contributed by atoms with Gasteiger partial charge in [-0.25, -0.2) is 14.6 Å². The number of fused-ring (bicyclic) bond motifs is 2. The van der Waals surface area contributed by atoms with Crippen molar-refractivity contribution in [2.75, 3.05) is 5.43 Å². The van der Waals surface area contributed by atoms with Crippen LogP contribution in [0.3, 0.4) is 0 Å². The Kier molecular flexibility index (Phi) is 4.37. The summed E-state index contributed by atoms with van der Waals surface area (Å²) < 4.78 is 1.13. The average molecular weight is 412 g/mol. The monoisotopic (exact) mass is 412 g/mol. The molecular formula is C23H16N4O2S. The van der Waals surface area contributed by atoms with Crippen LogP contribution in [0, 0.1) is 6.92 Å². The van der Waals surface area contributed by atoms with E-state index in [0.717, 1.165) is 26.1 Å². The van der Waals surface area contributed by atoms with E-state index < -0.39 is 5.91 Å². The van der Waals surface area contributed by atoms with Crippen LogP contribution in [-0.2, 0) is 0 Å². The minimum absolute atomic E-state index is 0.227. The highest BCUT2D eigenvalue weighted by atomic mass is 32.1. The molecule has 0 aliphatic carbocycles. The third-order valence-corrected chi connectivity index (χ3v) is 5.92. The second-order valence-electron chi connectivity index (χ2n) is 6.83. The van der Waals surface area contributed by atoms with Crippen molar-refractivity contribution >= 4 is 38.4 Å². The first kappa shape index (κ1) is 18.2. The molecular weight excluding hydrogens is 396 g/mol. The standard InChI is InChI=1S/C23H16N4O2S/c1-14-19(16-8-3-2-4-9-16)20-22(30-14)24-13-27(23(20)29)26-21(28)18-12-11-15-7-5-6-10-17(15)25-18/h2-13H,1H3,(H,26,28). The van der Waals surface area contributed by atoms with Crippen molar-refractivity contribution in [3.05, 3.63) is 94.0 Å². The summed E-state index contributed by atoms with van der Waals surface area (Å²) in [4.78, 5) is 36.4. The first-order valence-electron chi connectivity index (χ1n) is 9.35. The molecule has 2 aromatic carbocycles. The van der Waals surface area contributed by atoms with Crippen molar-refractivity contribution in [3.63, 3.8) is 0 Å². The predicted molar refractivity (Wildman–Crippen MR) is 119 cm³/mol. The molecule has 5 rings (SSSR count). The van der Waals surface area contributed by atoms with Gasteiger partial charge in [-0.2, -0.15) is 0 Å². The van der Waals surface area contributed by atoms with Gasteiger partial charge in [-0.1, -0.05) is 54.6 Å². The van der Waals surface area contributed by atoms with Crippen LogP contribution >= 0.6 is 11.3 Å². The van der Waals surface area contributed by atoms with E-state index in [-0.39, 0.29) is 11.3 Å². The fourth-order valence-electron chi connectivity index (χ4n) is 3.49. The molecule has 0 aliphatic rings.